The predicted octanol–water partition coefficient (Wildman–Crippen LogP) is 2.83. The molecule has 4 amide bonds. The Morgan fingerprint density at radius 2 is 1.94 bits per heavy atom. The minimum atomic E-state index is -0.909. The molecule has 4 rings (SSSR count). The number of amides is 4. The number of para-hydroxylation sites is 1. The first-order valence-corrected chi connectivity index (χ1v) is 12.2. The maximum Gasteiger partial charge on any atom is 0.325 e. The smallest absolute Gasteiger partial charge is 0.325 e. The third kappa shape index (κ3) is 4.33. The van der Waals surface area contributed by atoms with Crippen LogP contribution in [0.3, 0.4) is 0 Å². The van der Waals surface area contributed by atoms with E-state index < -0.39 is 5.54 Å². The molecule has 34 heavy (non-hydrogen) atoms. The molecular weight excluding hydrogens is 438 g/mol. The number of rotatable bonds is 8. The van der Waals surface area contributed by atoms with Crippen molar-refractivity contribution in [3.8, 4) is 11.5 Å². The molecule has 0 bridgehead atoms. The van der Waals surface area contributed by atoms with Crippen molar-refractivity contribution < 1.29 is 28.6 Å². The largest absolute Gasteiger partial charge is 0.493 e. The molecule has 3 heterocycles. The molecule has 9 heteroatoms. The van der Waals surface area contributed by atoms with E-state index in [-0.39, 0.29) is 29.9 Å². The number of hydrogen-bond donors (Lipinski definition) is 1. The number of piperidine rings is 1. The van der Waals surface area contributed by atoms with Crippen molar-refractivity contribution in [2.24, 2.45) is 5.92 Å². The molecule has 3 fully saturated rings. The van der Waals surface area contributed by atoms with Crippen LogP contribution in [0.4, 0.5) is 4.79 Å². The third-order valence-corrected chi connectivity index (χ3v) is 7.37. The highest BCUT2D eigenvalue weighted by molar-refractivity contribution is 6.07. The molecule has 3 saturated heterocycles. The summed E-state index contributed by atoms with van der Waals surface area (Å²) in [7, 11) is 3.06. The fourth-order valence-corrected chi connectivity index (χ4v) is 5.65. The summed E-state index contributed by atoms with van der Waals surface area (Å²) in [5, 5.41) is 3.06. The van der Waals surface area contributed by atoms with Gasteiger partial charge in [-0.25, -0.2) is 4.79 Å². The van der Waals surface area contributed by atoms with Crippen molar-refractivity contribution in [1.29, 1.82) is 0 Å². The van der Waals surface area contributed by atoms with Gasteiger partial charge >= 0.3 is 6.03 Å². The van der Waals surface area contributed by atoms with E-state index in [9.17, 15) is 14.4 Å². The van der Waals surface area contributed by atoms with E-state index in [0.717, 1.165) is 19.3 Å². The predicted molar refractivity (Wildman–Crippen MR) is 125 cm³/mol. The highest BCUT2D eigenvalue weighted by Gasteiger charge is 2.55. The summed E-state index contributed by atoms with van der Waals surface area (Å²) >= 11 is 0. The van der Waals surface area contributed by atoms with Gasteiger partial charge in [-0.3, -0.25) is 14.5 Å². The molecule has 0 aliphatic carbocycles. The number of hydrogen-bond acceptors (Lipinski definition) is 6. The molecule has 186 valence electrons. The first-order valence-electron chi connectivity index (χ1n) is 12.2. The summed E-state index contributed by atoms with van der Waals surface area (Å²) in [5.41, 5.74) is -0.454. The normalized spacial score (nSPS) is 25.6. The Labute approximate surface area is 200 Å². The van der Waals surface area contributed by atoms with E-state index in [1.165, 1.54) is 12.0 Å². The second-order valence-electron chi connectivity index (χ2n) is 9.31. The lowest BCUT2D eigenvalue weighted by atomic mass is 9.74. The zero-order valence-corrected chi connectivity index (χ0v) is 20.3. The van der Waals surface area contributed by atoms with Crippen LogP contribution < -0.4 is 14.8 Å². The molecule has 3 aliphatic rings. The maximum atomic E-state index is 13.6. The topological polar surface area (TPSA) is 97.4 Å². The third-order valence-electron chi connectivity index (χ3n) is 7.37. The van der Waals surface area contributed by atoms with E-state index in [1.54, 1.807) is 30.2 Å². The first-order chi connectivity index (χ1) is 16.4. The number of carbonyl (C=O) groups excluding carboxylic acids is 3. The molecule has 1 N–H and O–H groups in total. The molecule has 2 atom stereocenters. The van der Waals surface area contributed by atoms with E-state index in [0.29, 0.717) is 62.6 Å². The molecular formula is C25H35N3O6. The number of methoxy groups -OCH3 is 2. The quantitative estimate of drug-likeness (QED) is 0.583. The molecule has 9 nitrogen and oxygen atoms in total. The second-order valence-corrected chi connectivity index (χ2v) is 9.31. The minimum Gasteiger partial charge on any atom is -0.493 e. The highest BCUT2D eigenvalue weighted by Crippen LogP contribution is 2.38. The van der Waals surface area contributed by atoms with Crippen LogP contribution in [0.15, 0.2) is 18.2 Å². The van der Waals surface area contributed by atoms with Gasteiger partial charge in [0.2, 0.25) is 0 Å². The Balaban J connectivity index is 1.47. The van der Waals surface area contributed by atoms with Crippen molar-refractivity contribution >= 4 is 17.8 Å². The van der Waals surface area contributed by atoms with Gasteiger partial charge in [0.15, 0.2) is 11.5 Å². The summed E-state index contributed by atoms with van der Waals surface area (Å²) in [6, 6.07) is 4.94. The summed E-state index contributed by atoms with van der Waals surface area (Å²) < 4.78 is 16.4. The Morgan fingerprint density at radius 1 is 1.18 bits per heavy atom. The number of ether oxygens (including phenoxy) is 3. The summed E-state index contributed by atoms with van der Waals surface area (Å²) in [6.07, 6.45) is 4.38. The number of nitrogens with one attached hydrogen (secondary N) is 1. The van der Waals surface area contributed by atoms with Crippen molar-refractivity contribution in [3.63, 3.8) is 0 Å². The molecule has 1 aromatic rings. The van der Waals surface area contributed by atoms with Crippen molar-refractivity contribution in [1.82, 2.24) is 15.1 Å². The van der Waals surface area contributed by atoms with Crippen molar-refractivity contribution in [2.45, 2.75) is 57.1 Å². The highest BCUT2D eigenvalue weighted by atomic mass is 16.5. The van der Waals surface area contributed by atoms with Gasteiger partial charge in [-0.05, 0) is 50.2 Å². The number of nitrogens with zero attached hydrogens (tertiary/aromatic N) is 2. The van der Waals surface area contributed by atoms with Crippen molar-refractivity contribution in [2.75, 3.05) is 40.5 Å². The SMILES string of the molecule is CCCC1(C2CCN(C(=O)c3cccc(OC)c3OC)CC2)NC(=O)N(CC2CCCO2)C1=O. The number of benzene rings is 1. The van der Waals surface area contributed by atoms with Crippen LogP contribution in [0, 0.1) is 5.92 Å². The maximum absolute atomic E-state index is 13.6. The van der Waals surface area contributed by atoms with E-state index in [1.807, 2.05) is 6.92 Å². The zero-order valence-electron chi connectivity index (χ0n) is 20.3. The first kappa shape index (κ1) is 24.3. The van der Waals surface area contributed by atoms with Gasteiger partial charge in [-0.2, -0.15) is 0 Å². The Bertz CT molecular complexity index is 923. The van der Waals surface area contributed by atoms with Gasteiger partial charge in [-0.1, -0.05) is 19.4 Å². The van der Waals surface area contributed by atoms with Crippen LogP contribution in [0.25, 0.3) is 0 Å². The fraction of sp³-hybridized carbons (Fsp3) is 0.640. The van der Waals surface area contributed by atoms with E-state index >= 15 is 0 Å². The zero-order chi connectivity index (χ0) is 24.3. The lowest BCUT2D eigenvalue weighted by Crippen LogP contribution is -2.56. The molecule has 3 aliphatic heterocycles. The monoisotopic (exact) mass is 473 g/mol. The summed E-state index contributed by atoms with van der Waals surface area (Å²) in [6.45, 7) is 4.02. The molecule has 0 radical (unpaired) electrons. The number of carbonyl (C=O) groups is 3. The van der Waals surface area contributed by atoms with Crippen LogP contribution in [0.1, 0.15) is 55.8 Å². The molecule has 0 spiro atoms. The molecule has 2 unspecified atom stereocenters. The van der Waals surface area contributed by atoms with Gasteiger partial charge in [0.25, 0.3) is 11.8 Å². The number of likely N-dealkylation sites (tertiary alicyclic amines) is 1. The van der Waals surface area contributed by atoms with Gasteiger partial charge in [0, 0.05) is 19.7 Å². The van der Waals surface area contributed by atoms with Crippen LogP contribution >= 0.6 is 0 Å². The fourth-order valence-electron chi connectivity index (χ4n) is 5.65. The van der Waals surface area contributed by atoms with Crippen LogP contribution in [-0.2, 0) is 9.53 Å². The molecule has 1 aromatic carbocycles. The van der Waals surface area contributed by atoms with E-state index in [2.05, 4.69) is 5.32 Å². The second kappa shape index (κ2) is 10.2. The number of imide groups is 1. The standard InChI is InChI=1S/C25H35N3O6/c1-4-12-25(23(30)28(24(31)26-25)16-18-7-6-15-34-18)17-10-13-27(14-11-17)22(29)19-8-5-9-20(32-2)21(19)33-3/h5,8-9,17-18H,4,6-7,10-16H2,1-3H3,(H,26,31). The van der Waals surface area contributed by atoms with E-state index in [4.69, 9.17) is 14.2 Å². The van der Waals surface area contributed by atoms with Gasteiger partial charge in [0.1, 0.15) is 5.54 Å². The minimum absolute atomic E-state index is 0.0327. The Kier molecular flexibility index (Phi) is 7.30. The van der Waals surface area contributed by atoms with Crippen LogP contribution in [-0.4, -0.2) is 79.7 Å². The molecule has 0 aromatic heterocycles. The number of urea groups is 1. The van der Waals surface area contributed by atoms with Gasteiger partial charge in [0.05, 0.1) is 32.4 Å². The van der Waals surface area contributed by atoms with Crippen LogP contribution in [0.2, 0.25) is 0 Å². The molecule has 0 saturated carbocycles. The Hall–Kier alpha value is -2.81. The average Bonchev–Trinajstić information content (AvgIpc) is 3.46. The summed E-state index contributed by atoms with van der Waals surface area (Å²) in [5.74, 6) is 0.627. The average molecular weight is 474 g/mol. The summed E-state index contributed by atoms with van der Waals surface area (Å²) in [4.78, 5) is 42.8. The van der Waals surface area contributed by atoms with Gasteiger partial charge < -0.3 is 24.4 Å². The van der Waals surface area contributed by atoms with Crippen molar-refractivity contribution in [3.05, 3.63) is 23.8 Å². The van der Waals surface area contributed by atoms with Crippen LogP contribution in [0.5, 0.6) is 11.5 Å². The van der Waals surface area contributed by atoms with Gasteiger partial charge in [-0.15, -0.1) is 0 Å². The Morgan fingerprint density at radius 3 is 2.56 bits per heavy atom. The lowest BCUT2D eigenvalue weighted by Gasteiger charge is -2.41. The lowest BCUT2D eigenvalue weighted by molar-refractivity contribution is -0.135.